The number of nitrogens with zero attached hydrogens (tertiary/aromatic N) is 1. The van der Waals surface area contributed by atoms with E-state index in [2.05, 4.69) is 19.9 Å². The Morgan fingerprint density at radius 2 is 2.32 bits per heavy atom. The summed E-state index contributed by atoms with van der Waals surface area (Å²) < 4.78 is 5.85. The molecule has 1 aromatic rings. The fraction of sp³-hybridized carbons (Fsp3) is 0.533. The number of hydrogen-bond donors (Lipinski definition) is 1. The summed E-state index contributed by atoms with van der Waals surface area (Å²) in [4.78, 5) is 13.0. The second-order valence-corrected chi connectivity index (χ2v) is 6.09. The molecule has 0 spiro atoms. The molecule has 1 unspecified atom stereocenters. The van der Waals surface area contributed by atoms with E-state index in [4.69, 9.17) is 9.84 Å². The van der Waals surface area contributed by atoms with E-state index in [9.17, 15) is 4.79 Å². The highest BCUT2D eigenvalue weighted by atomic mass is 16.5. The molecule has 1 fully saturated rings. The zero-order valence-electron chi connectivity index (χ0n) is 11.3. The van der Waals surface area contributed by atoms with Gasteiger partial charge in [0.05, 0.1) is 0 Å². The first-order valence-electron chi connectivity index (χ1n) is 6.72. The van der Waals surface area contributed by atoms with E-state index >= 15 is 0 Å². The Balaban J connectivity index is 1.73. The minimum absolute atomic E-state index is 0.124. The maximum Gasteiger partial charge on any atom is 0.320 e. The van der Waals surface area contributed by atoms with Crippen LogP contribution in [-0.2, 0) is 17.8 Å². The van der Waals surface area contributed by atoms with Crippen molar-refractivity contribution >= 4 is 5.97 Å². The molecule has 1 aromatic carbocycles. The Bertz CT molecular complexity index is 524. The lowest BCUT2D eigenvalue weighted by Gasteiger charge is -2.37. The first-order valence-corrected chi connectivity index (χ1v) is 6.72. The highest BCUT2D eigenvalue weighted by molar-refractivity contribution is 5.74. The number of carbonyl (C=O) groups is 1. The molecule has 0 radical (unpaired) electrons. The molecule has 1 N–H and O–H groups in total. The summed E-state index contributed by atoms with van der Waals surface area (Å²) >= 11 is 0. The zero-order valence-corrected chi connectivity index (χ0v) is 11.3. The number of aliphatic carboxylic acids is 1. The molecular formula is C15H19NO3. The SMILES string of the molecule is CC1(C)Cc2cc(CN3CCC3C(=O)O)ccc2O1. The molecule has 0 bridgehead atoms. The molecule has 102 valence electrons. The first kappa shape index (κ1) is 12.5. The minimum Gasteiger partial charge on any atom is -0.487 e. The Morgan fingerprint density at radius 3 is 2.95 bits per heavy atom. The molecule has 3 rings (SSSR count). The second kappa shape index (κ2) is 4.23. The van der Waals surface area contributed by atoms with Gasteiger partial charge in [0.1, 0.15) is 17.4 Å². The molecule has 1 atom stereocenters. The molecule has 2 aliphatic rings. The molecule has 0 aliphatic carbocycles. The van der Waals surface area contributed by atoms with Crippen molar-refractivity contribution in [2.75, 3.05) is 6.54 Å². The van der Waals surface area contributed by atoms with Gasteiger partial charge in [0.15, 0.2) is 0 Å². The maximum atomic E-state index is 11.0. The van der Waals surface area contributed by atoms with Gasteiger partial charge in [-0.25, -0.2) is 0 Å². The van der Waals surface area contributed by atoms with Gasteiger partial charge in [-0.3, -0.25) is 9.69 Å². The van der Waals surface area contributed by atoms with Crippen molar-refractivity contribution in [1.29, 1.82) is 0 Å². The van der Waals surface area contributed by atoms with E-state index in [1.165, 1.54) is 11.1 Å². The molecule has 2 heterocycles. The van der Waals surface area contributed by atoms with E-state index in [0.717, 1.165) is 25.1 Å². The standard InChI is InChI=1S/C15H19NO3/c1-15(2)8-11-7-10(3-4-13(11)19-15)9-16-6-5-12(16)14(17)18/h3-4,7,12H,5-6,8-9H2,1-2H3,(H,17,18). The van der Waals surface area contributed by atoms with Gasteiger partial charge >= 0.3 is 5.97 Å². The molecule has 2 aliphatic heterocycles. The fourth-order valence-electron chi connectivity index (χ4n) is 2.91. The summed E-state index contributed by atoms with van der Waals surface area (Å²) in [7, 11) is 0. The molecule has 0 amide bonds. The van der Waals surface area contributed by atoms with Crippen LogP contribution in [0.3, 0.4) is 0 Å². The van der Waals surface area contributed by atoms with Gasteiger partial charge in [0, 0.05) is 19.5 Å². The van der Waals surface area contributed by atoms with Gasteiger partial charge in [-0.2, -0.15) is 0 Å². The average molecular weight is 261 g/mol. The Labute approximate surface area is 113 Å². The highest BCUT2D eigenvalue weighted by Crippen LogP contribution is 2.35. The first-order chi connectivity index (χ1) is 8.94. The number of likely N-dealkylation sites (tertiary alicyclic amines) is 1. The molecule has 0 saturated carbocycles. The Morgan fingerprint density at radius 1 is 1.53 bits per heavy atom. The monoisotopic (exact) mass is 261 g/mol. The van der Waals surface area contributed by atoms with E-state index in [1.807, 2.05) is 17.0 Å². The zero-order chi connectivity index (χ0) is 13.6. The van der Waals surface area contributed by atoms with Crippen molar-refractivity contribution in [2.45, 2.75) is 44.9 Å². The number of benzene rings is 1. The summed E-state index contributed by atoms with van der Waals surface area (Å²) in [5, 5.41) is 9.04. The van der Waals surface area contributed by atoms with Crippen molar-refractivity contribution < 1.29 is 14.6 Å². The van der Waals surface area contributed by atoms with Crippen LogP contribution in [-0.4, -0.2) is 34.2 Å². The average Bonchev–Trinajstić information content (AvgIpc) is 2.56. The number of hydrogen-bond acceptors (Lipinski definition) is 3. The van der Waals surface area contributed by atoms with E-state index in [1.54, 1.807) is 0 Å². The highest BCUT2D eigenvalue weighted by Gasteiger charge is 2.34. The van der Waals surface area contributed by atoms with Crippen molar-refractivity contribution in [1.82, 2.24) is 4.90 Å². The minimum atomic E-state index is -0.711. The number of carboxylic acid groups (broad SMARTS) is 1. The predicted octanol–water partition coefficient (Wildman–Crippen LogP) is 2.06. The van der Waals surface area contributed by atoms with E-state index < -0.39 is 5.97 Å². The van der Waals surface area contributed by atoms with Gasteiger partial charge < -0.3 is 9.84 Å². The number of carboxylic acids is 1. The van der Waals surface area contributed by atoms with Crippen molar-refractivity contribution in [2.24, 2.45) is 0 Å². The second-order valence-electron chi connectivity index (χ2n) is 6.09. The summed E-state index contributed by atoms with van der Waals surface area (Å²) in [6, 6.07) is 5.90. The van der Waals surface area contributed by atoms with Crippen molar-refractivity contribution in [3.63, 3.8) is 0 Å². The summed E-state index contributed by atoms with van der Waals surface area (Å²) in [5.41, 5.74) is 2.28. The molecule has 4 heteroatoms. The van der Waals surface area contributed by atoms with Gasteiger partial charge in [-0.1, -0.05) is 12.1 Å². The quantitative estimate of drug-likeness (QED) is 0.905. The Kier molecular flexibility index (Phi) is 2.78. The van der Waals surface area contributed by atoms with Crippen molar-refractivity contribution in [3.8, 4) is 5.75 Å². The van der Waals surface area contributed by atoms with Gasteiger partial charge in [-0.05, 0) is 37.5 Å². The van der Waals surface area contributed by atoms with Crippen LogP contribution >= 0.6 is 0 Å². The largest absolute Gasteiger partial charge is 0.487 e. The normalized spacial score (nSPS) is 24.4. The third kappa shape index (κ3) is 2.32. The third-order valence-corrected chi connectivity index (χ3v) is 3.93. The predicted molar refractivity (Wildman–Crippen MR) is 71.3 cm³/mol. The van der Waals surface area contributed by atoms with Crippen LogP contribution in [0.4, 0.5) is 0 Å². The molecule has 19 heavy (non-hydrogen) atoms. The smallest absolute Gasteiger partial charge is 0.320 e. The van der Waals surface area contributed by atoms with Gasteiger partial charge in [0.25, 0.3) is 0 Å². The molecule has 4 nitrogen and oxygen atoms in total. The number of ether oxygens (including phenoxy) is 1. The maximum absolute atomic E-state index is 11.0. The lowest BCUT2D eigenvalue weighted by atomic mass is 9.98. The van der Waals surface area contributed by atoms with Crippen LogP contribution in [0.2, 0.25) is 0 Å². The fourth-order valence-corrected chi connectivity index (χ4v) is 2.91. The molecular weight excluding hydrogens is 242 g/mol. The van der Waals surface area contributed by atoms with Crippen LogP contribution in [0.5, 0.6) is 5.75 Å². The van der Waals surface area contributed by atoms with E-state index in [0.29, 0.717) is 6.54 Å². The van der Waals surface area contributed by atoms with Crippen LogP contribution in [0.15, 0.2) is 18.2 Å². The van der Waals surface area contributed by atoms with Crippen LogP contribution < -0.4 is 4.74 Å². The number of fused-ring (bicyclic) bond motifs is 1. The van der Waals surface area contributed by atoms with Crippen LogP contribution in [0.25, 0.3) is 0 Å². The number of rotatable bonds is 3. The lowest BCUT2D eigenvalue weighted by Crippen LogP contribution is -2.51. The van der Waals surface area contributed by atoms with Gasteiger partial charge in [-0.15, -0.1) is 0 Å². The van der Waals surface area contributed by atoms with Crippen LogP contribution in [0, 0.1) is 0 Å². The topological polar surface area (TPSA) is 49.8 Å². The molecule has 0 aromatic heterocycles. The summed E-state index contributed by atoms with van der Waals surface area (Å²) in [5.74, 6) is 0.254. The lowest BCUT2D eigenvalue weighted by molar-refractivity contribution is -0.148. The van der Waals surface area contributed by atoms with Gasteiger partial charge in [0.2, 0.25) is 0 Å². The third-order valence-electron chi connectivity index (χ3n) is 3.93. The Hall–Kier alpha value is -1.55. The summed E-state index contributed by atoms with van der Waals surface area (Å²) in [6.07, 6.45) is 1.68. The van der Waals surface area contributed by atoms with E-state index in [-0.39, 0.29) is 11.6 Å². The van der Waals surface area contributed by atoms with Crippen molar-refractivity contribution in [3.05, 3.63) is 29.3 Å². The summed E-state index contributed by atoms with van der Waals surface area (Å²) in [6.45, 7) is 5.76. The molecule has 1 saturated heterocycles. The van der Waals surface area contributed by atoms with Crippen LogP contribution in [0.1, 0.15) is 31.4 Å².